The van der Waals surface area contributed by atoms with E-state index in [2.05, 4.69) is 9.55 Å². The molecule has 0 aromatic carbocycles. The molecule has 0 radical (unpaired) electrons. The molecule has 0 saturated heterocycles. The van der Waals surface area contributed by atoms with Crippen LogP contribution in [-0.4, -0.2) is 15.1 Å². The summed E-state index contributed by atoms with van der Waals surface area (Å²) in [6, 6.07) is 0. The van der Waals surface area contributed by atoms with Crippen molar-refractivity contribution in [2.45, 2.75) is 31.2 Å². The molecule has 1 aliphatic rings. The molecule has 0 atom stereocenters. The van der Waals surface area contributed by atoms with Crippen LogP contribution in [0, 0.1) is 0 Å². The van der Waals surface area contributed by atoms with Gasteiger partial charge in [0.25, 0.3) is 0 Å². The maximum atomic E-state index is 5.98. The fourth-order valence-electron chi connectivity index (χ4n) is 1.41. The molecule has 1 aromatic rings. The van der Waals surface area contributed by atoms with Crippen LogP contribution in [-0.2, 0) is 13.5 Å². The Morgan fingerprint density at radius 1 is 1.67 bits per heavy atom. The Morgan fingerprint density at radius 3 is 2.92 bits per heavy atom. The van der Waals surface area contributed by atoms with Crippen LogP contribution in [0.15, 0.2) is 12.5 Å². The molecule has 0 bridgehead atoms. The van der Waals surface area contributed by atoms with E-state index in [1.165, 1.54) is 18.5 Å². The predicted molar refractivity (Wildman–Crippen MR) is 47.7 cm³/mol. The summed E-state index contributed by atoms with van der Waals surface area (Å²) in [6.45, 7) is 0. The molecule has 1 saturated carbocycles. The third kappa shape index (κ3) is 1.50. The second-order valence-corrected chi connectivity index (χ2v) is 3.86. The molecule has 12 heavy (non-hydrogen) atoms. The van der Waals surface area contributed by atoms with Gasteiger partial charge < -0.3 is 10.3 Å². The average Bonchev–Trinajstić information content (AvgIpc) is 2.61. The Labute approximate surface area is 72.6 Å². The second-order valence-electron chi connectivity index (χ2n) is 3.86. The van der Waals surface area contributed by atoms with Crippen molar-refractivity contribution in [3.05, 3.63) is 18.2 Å². The molecule has 2 rings (SSSR count). The molecule has 66 valence electrons. The summed E-state index contributed by atoms with van der Waals surface area (Å²) in [4.78, 5) is 4.06. The Balaban J connectivity index is 1.91. The maximum Gasteiger partial charge on any atom is 0.0945 e. The zero-order valence-corrected chi connectivity index (χ0v) is 7.45. The van der Waals surface area contributed by atoms with Gasteiger partial charge in [0.1, 0.15) is 0 Å². The SMILES string of the molecule is Cn1cncc1CCC1(N)CC1. The summed E-state index contributed by atoms with van der Waals surface area (Å²) >= 11 is 0. The Kier molecular flexibility index (Phi) is 1.68. The minimum atomic E-state index is 0.171. The molecule has 1 aliphatic carbocycles. The normalized spacial score (nSPS) is 19.5. The fourth-order valence-corrected chi connectivity index (χ4v) is 1.41. The predicted octanol–water partition coefficient (Wildman–Crippen LogP) is 0.844. The van der Waals surface area contributed by atoms with E-state index >= 15 is 0 Å². The minimum absolute atomic E-state index is 0.171. The summed E-state index contributed by atoms with van der Waals surface area (Å²) in [5.74, 6) is 0. The smallest absolute Gasteiger partial charge is 0.0945 e. The Morgan fingerprint density at radius 2 is 2.42 bits per heavy atom. The number of hydrogen-bond donors (Lipinski definition) is 1. The first-order chi connectivity index (χ1) is 5.70. The highest BCUT2D eigenvalue weighted by atomic mass is 15.0. The average molecular weight is 165 g/mol. The van der Waals surface area contributed by atoms with E-state index in [0.29, 0.717) is 0 Å². The fraction of sp³-hybridized carbons (Fsp3) is 0.667. The molecule has 0 amide bonds. The monoisotopic (exact) mass is 165 g/mol. The lowest BCUT2D eigenvalue weighted by Crippen LogP contribution is -2.22. The van der Waals surface area contributed by atoms with Crippen LogP contribution >= 0.6 is 0 Å². The highest BCUT2D eigenvalue weighted by molar-refractivity contribution is 5.04. The lowest BCUT2D eigenvalue weighted by molar-refractivity contribution is 0.594. The van der Waals surface area contributed by atoms with Crippen molar-refractivity contribution in [2.75, 3.05) is 0 Å². The zero-order chi connectivity index (χ0) is 8.60. The minimum Gasteiger partial charge on any atom is -0.338 e. The van der Waals surface area contributed by atoms with Crippen LogP contribution in [0.4, 0.5) is 0 Å². The standard InChI is InChI=1S/C9H15N3/c1-12-7-11-6-8(12)2-3-9(10)4-5-9/h6-7H,2-5,10H2,1H3. The van der Waals surface area contributed by atoms with Gasteiger partial charge in [-0.2, -0.15) is 0 Å². The zero-order valence-electron chi connectivity index (χ0n) is 7.45. The molecule has 0 unspecified atom stereocenters. The number of imidazole rings is 1. The topological polar surface area (TPSA) is 43.8 Å². The van der Waals surface area contributed by atoms with Crippen LogP contribution < -0.4 is 5.73 Å². The van der Waals surface area contributed by atoms with Gasteiger partial charge in [0, 0.05) is 24.5 Å². The van der Waals surface area contributed by atoms with Crippen LogP contribution in [0.2, 0.25) is 0 Å². The number of aryl methyl sites for hydroxylation is 2. The molecule has 1 aromatic heterocycles. The van der Waals surface area contributed by atoms with Gasteiger partial charge in [-0.05, 0) is 25.7 Å². The van der Waals surface area contributed by atoms with Crippen molar-refractivity contribution in [3.8, 4) is 0 Å². The van der Waals surface area contributed by atoms with Gasteiger partial charge in [-0.25, -0.2) is 4.98 Å². The van der Waals surface area contributed by atoms with Gasteiger partial charge in [-0.3, -0.25) is 0 Å². The molecule has 1 heterocycles. The van der Waals surface area contributed by atoms with E-state index in [0.717, 1.165) is 12.8 Å². The van der Waals surface area contributed by atoms with Crippen molar-refractivity contribution < 1.29 is 0 Å². The molecule has 0 spiro atoms. The summed E-state index contributed by atoms with van der Waals surface area (Å²) < 4.78 is 2.06. The van der Waals surface area contributed by atoms with Crippen LogP contribution in [0.3, 0.4) is 0 Å². The van der Waals surface area contributed by atoms with Crippen LogP contribution in [0.5, 0.6) is 0 Å². The highest BCUT2D eigenvalue weighted by Gasteiger charge is 2.37. The van der Waals surface area contributed by atoms with E-state index in [1.54, 1.807) is 0 Å². The Bertz CT molecular complexity index is 273. The third-order valence-electron chi connectivity index (χ3n) is 2.69. The Hall–Kier alpha value is -0.830. The van der Waals surface area contributed by atoms with E-state index in [4.69, 9.17) is 5.73 Å². The number of rotatable bonds is 3. The number of aromatic nitrogens is 2. The van der Waals surface area contributed by atoms with Crippen molar-refractivity contribution in [1.82, 2.24) is 9.55 Å². The molecule has 2 N–H and O–H groups in total. The van der Waals surface area contributed by atoms with Crippen molar-refractivity contribution in [2.24, 2.45) is 12.8 Å². The van der Waals surface area contributed by atoms with Crippen molar-refractivity contribution >= 4 is 0 Å². The van der Waals surface area contributed by atoms with E-state index in [-0.39, 0.29) is 5.54 Å². The number of nitrogens with zero attached hydrogens (tertiary/aromatic N) is 2. The largest absolute Gasteiger partial charge is 0.338 e. The molecule has 3 heteroatoms. The van der Waals surface area contributed by atoms with Gasteiger partial charge >= 0.3 is 0 Å². The van der Waals surface area contributed by atoms with Crippen molar-refractivity contribution in [3.63, 3.8) is 0 Å². The maximum absolute atomic E-state index is 5.98. The summed E-state index contributed by atoms with van der Waals surface area (Å²) in [5.41, 5.74) is 7.44. The van der Waals surface area contributed by atoms with Crippen LogP contribution in [0.25, 0.3) is 0 Å². The number of hydrogen-bond acceptors (Lipinski definition) is 2. The van der Waals surface area contributed by atoms with E-state index < -0.39 is 0 Å². The third-order valence-corrected chi connectivity index (χ3v) is 2.69. The molecular weight excluding hydrogens is 150 g/mol. The first-order valence-corrected chi connectivity index (χ1v) is 4.44. The first kappa shape index (κ1) is 7.80. The van der Waals surface area contributed by atoms with E-state index in [1.807, 2.05) is 19.6 Å². The summed E-state index contributed by atoms with van der Waals surface area (Å²) in [7, 11) is 2.03. The van der Waals surface area contributed by atoms with Gasteiger partial charge in [-0.15, -0.1) is 0 Å². The highest BCUT2D eigenvalue weighted by Crippen LogP contribution is 2.36. The van der Waals surface area contributed by atoms with Gasteiger partial charge in [-0.1, -0.05) is 0 Å². The molecule has 3 nitrogen and oxygen atoms in total. The first-order valence-electron chi connectivity index (χ1n) is 4.44. The van der Waals surface area contributed by atoms with Crippen molar-refractivity contribution in [1.29, 1.82) is 0 Å². The quantitative estimate of drug-likeness (QED) is 0.721. The van der Waals surface area contributed by atoms with Gasteiger partial charge in [0.05, 0.1) is 6.33 Å². The van der Waals surface area contributed by atoms with E-state index in [9.17, 15) is 0 Å². The van der Waals surface area contributed by atoms with Gasteiger partial charge in [0.15, 0.2) is 0 Å². The molecule has 1 fully saturated rings. The lowest BCUT2D eigenvalue weighted by atomic mass is 10.1. The van der Waals surface area contributed by atoms with Gasteiger partial charge in [0.2, 0.25) is 0 Å². The van der Waals surface area contributed by atoms with Crippen LogP contribution in [0.1, 0.15) is 25.0 Å². The number of nitrogens with two attached hydrogens (primary N) is 1. The summed E-state index contributed by atoms with van der Waals surface area (Å²) in [6.07, 6.45) is 8.33. The molecule has 0 aliphatic heterocycles. The summed E-state index contributed by atoms with van der Waals surface area (Å²) in [5, 5.41) is 0. The second kappa shape index (κ2) is 2.59. The molecular formula is C9H15N3. The lowest BCUT2D eigenvalue weighted by Gasteiger charge is -2.07.